The highest BCUT2D eigenvalue weighted by molar-refractivity contribution is 7.98. The maximum atomic E-state index is 12.8. The highest BCUT2D eigenvalue weighted by Gasteiger charge is 2.17. The number of hydrogen-bond donors (Lipinski definition) is 0. The summed E-state index contributed by atoms with van der Waals surface area (Å²) in [6.45, 7) is 1.98. The van der Waals surface area contributed by atoms with Crippen LogP contribution in [-0.2, 0) is 12.8 Å². The van der Waals surface area contributed by atoms with Gasteiger partial charge in [-0.1, -0.05) is 53.7 Å². The molecule has 0 N–H and O–H groups in total. The third-order valence-corrected chi connectivity index (χ3v) is 7.72. The van der Waals surface area contributed by atoms with Gasteiger partial charge in [-0.2, -0.15) is 0 Å². The molecule has 0 spiro atoms. The van der Waals surface area contributed by atoms with Crippen molar-refractivity contribution in [3.05, 3.63) is 82.7 Å². The van der Waals surface area contributed by atoms with E-state index in [0.29, 0.717) is 16.9 Å². The summed E-state index contributed by atoms with van der Waals surface area (Å²) in [5.74, 6) is 1.86. The average Bonchev–Trinajstić information content (AvgIpc) is 3.47. The Kier molecular flexibility index (Phi) is 4.74. The number of thioether (sulfide) groups is 1. The van der Waals surface area contributed by atoms with Crippen LogP contribution in [0.5, 0.6) is 0 Å². The van der Waals surface area contributed by atoms with Gasteiger partial charge in [0.05, 0.1) is 16.7 Å². The Hall–Kier alpha value is -3.56. The summed E-state index contributed by atoms with van der Waals surface area (Å²) in [6, 6.07) is 18.3. The van der Waals surface area contributed by atoms with Gasteiger partial charge in [0.1, 0.15) is 22.0 Å². The molecule has 0 bridgehead atoms. The molecule has 0 radical (unpaired) electrons. The Balaban J connectivity index is 1.41. The minimum Gasteiger partial charge on any atom is -0.279 e. The zero-order valence-electron chi connectivity index (χ0n) is 17.9. The van der Waals surface area contributed by atoms with Crippen molar-refractivity contribution >= 4 is 50.0 Å². The van der Waals surface area contributed by atoms with Gasteiger partial charge in [0.25, 0.3) is 5.56 Å². The van der Waals surface area contributed by atoms with Crippen molar-refractivity contribution < 1.29 is 0 Å². The molecule has 0 aliphatic heterocycles. The molecule has 6 rings (SSSR count). The topological polar surface area (TPSA) is 78.0 Å². The van der Waals surface area contributed by atoms with Crippen LogP contribution in [0.3, 0.4) is 0 Å². The lowest BCUT2D eigenvalue weighted by Gasteiger charge is -2.08. The van der Waals surface area contributed by atoms with Crippen LogP contribution < -0.4 is 5.56 Å². The van der Waals surface area contributed by atoms with Gasteiger partial charge in [-0.05, 0) is 30.7 Å². The van der Waals surface area contributed by atoms with Crippen molar-refractivity contribution in [2.24, 2.45) is 7.05 Å². The van der Waals surface area contributed by atoms with Crippen molar-refractivity contribution in [2.75, 3.05) is 0 Å². The number of thiophene rings is 1. The van der Waals surface area contributed by atoms with E-state index < -0.39 is 0 Å². The third kappa shape index (κ3) is 3.32. The molecule has 4 heterocycles. The Morgan fingerprint density at radius 1 is 1.00 bits per heavy atom. The van der Waals surface area contributed by atoms with Gasteiger partial charge in [-0.3, -0.25) is 13.8 Å². The van der Waals surface area contributed by atoms with Gasteiger partial charge >= 0.3 is 0 Å². The lowest BCUT2D eigenvalue weighted by molar-refractivity contribution is 0.857. The average molecular weight is 471 g/mol. The molecule has 33 heavy (non-hydrogen) atoms. The Morgan fingerprint density at radius 3 is 2.70 bits per heavy atom. The number of aryl methyl sites for hydroxylation is 2. The van der Waals surface area contributed by atoms with Crippen LogP contribution in [-0.4, -0.2) is 29.1 Å². The molecule has 0 unspecified atom stereocenters. The van der Waals surface area contributed by atoms with Crippen LogP contribution in [0.4, 0.5) is 0 Å². The molecule has 0 saturated carbocycles. The zero-order valence-corrected chi connectivity index (χ0v) is 19.5. The monoisotopic (exact) mass is 470 g/mol. The number of rotatable bonds is 4. The maximum absolute atomic E-state index is 12.8. The van der Waals surface area contributed by atoms with E-state index in [-0.39, 0.29) is 5.56 Å². The lowest BCUT2D eigenvalue weighted by Crippen LogP contribution is -2.20. The van der Waals surface area contributed by atoms with E-state index in [0.717, 1.165) is 37.0 Å². The van der Waals surface area contributed by atoms with Crippen molar-refractivity contribution in [1.29, 1.82) is 0 Å². The van der Waals surface area contributed by atoms with E-state index >= 15 is 0 Å². The largest absolute Gasteiger partial charge is 0.279 e. The van der Waals surface area contributed by atoms with Crippen molar-refractivity contribution in [1.82, 2.24) is 29.1 Å². The maximum Gasteiger partial charge on any atom is 0.262 e. The quantitative estimate of drug-likeness (QED) is 0.271. The molecule has 0 fully saturated rings. The third-order valence-electron chi connectivity index (χ3n) is 5.63. The molecular weight excluding hydrogens is 452 g/mol. The van der Waals surface area contributed by atoms with Gasteiger partial charge in [0.15, 0.2) is 0 Å². The second kappa shape index (κ2) is 7.79. The summed E-state index contributed by atoms with van der Waals surface area (Å²) < 4.78 is 3.52. The van der Waals surface area contributed by atoms with Crippen molar-refractivity contribution in [3.8, 4) is 10.4 Å². The first-order chi connectivity index (χ1) is 16.1. The molecule has 162 valence electrons. The van der Waals surface area contributed by atoms with Gasteiger partial charge in [0.2, 0.25) is 5.78 Å². The minimum atomic E-state index is -0.0722. The molecule has 2 aromatic carbocycles. The number of nitrogens with zero attached hydrogens (tertiary/aromatic N) is 6. The smallest absolute Gasteiger partial charge is 0.262 e. The molecule has 0 saturated heterocycles. The number of fused-ring (bicyclic) bond motifs is 4. The first-order valence-corrected chi connectivity index (χ1v) is 12.2. The highest BCUT2D eigenvalue weighted by Crippen LogP contribution is 2.36. The SMILES string of the molecule is Cc1ccc2c(c1)c(=O)n(C)c1nnc(CSc3ncnc4sc(-c5ccccc5)cc34)n21. The van der Waals surface area contributed by atoms with Crippen molar-refractivity contribution in [3.63, 3.8) is 0 Å². The van der Waals surface area contributed by atoms with Gasteiger partial charge in [0, 0.05) is 17.3 Å². The van der Waals surface area contributed by atoms with Crippen molar-refractivity contribution in [2.45, 2.75) is 17.7 Å². The fourth-order valence-electron chi connectivity index (χ4n) is 3.98. The zero-order chi connectivity index (χ0) is 22.5. The van der Waals surface area contributed by atoms with E-state index in [1.54, 1.807) is 41.0 Å². The summed E-state index contributed by atoms with van der Waals surface area (Å²) in [5.41, 5.74) is 2.95. The number of aromatic nitrogens is 6. The van der Waals surface area contributed by atoms with Crippen LogP contribution in [0.1, 0.15) is 11.4 Å². The Morgan fingerprint density at radius 2 is 1.85 bits per heavy atom. The van der Waals surface area contributed by atoms with E-state index in [2.05, 4.69) is 38.4 Å². The van der Waals surface area contributed by atoms with Crippen LogP contribution in [0, 0.1) is 6.92 Å². The molecule has 7 nitrogen and oxygen atoms in total. The predicted octanol–water partition coefficient (Wildman–Crippen LogP) is 4.85. The first kappa shape index (κ1) is 20.1. The summed E-state index contributed by atoms with van der Waals surface area (Å²) in [4.78, 5) is 24.0. The molecule has 0 atom stereocenters. The van der Waals surface area contributed by atoms with Gasteiger partial charge in [-0.15, -0.1) is 21.5 Å². The summed E-state index contributed by atoms with van der Waals surface area (Å²) in [7, 11) is 1.73. The minimum absolute atomic E-state index is 0.0722. The summed E-state index contributed by atoms with van der Waals surface area (Å²) in [5, 5.41) is 11.3. The molecule has 4 aromatic heterocycles. The van der Waals surface area contributed by atoms with Crippen LogP contribution in [0.2, 0.25) is 0 Å². The summed E-state index contributed by atoms with van der Waals surface area (Å²) >= 11 is 3.26. The second-order valence-electron chi connectivity index (χ2n) is 7.80. The normalized spacial score (nSPS) is 11.7. The predicted molar refractivity (Wildman–Crippen MR) is 133 cm³/mol. The molecule has 0 aliphatic rings. The Bertz CT molecular complexity index is 1720. The molecular formula is C24H18N6OS2. The lowest BCUT2D eigenvalue weighted by atomic mass is 10.1. The molecule has 6 aromatic rings. The van der Waals surface area contributed by atoms with E-state index in [9.17, 15) is 4.79 Å². The molecule has 0 amide bonds. The standard InChI is InChI=1S/C24H18N6OS2/c1-14-8-9-18-16(10-14)23(31)29(2)24-28-27-20(30(18)24)12-32-21-17-11-19(15-6-4-3-5-7-15)33-22(17)26-13-25-21/h3-11,13H,12H2,1-2H3. The fraction of sp³-hybridized carbons (Fsp3) is 0.125. The highest BCUT2D eigenvalue weighted by atomic mass is 32.2. The number of hydrogen-bond acceptors (Lipinski definition) is 7. The van der Waals surface area contributed by atoms with Crippen LogP contribution in [0.15, 0.2) is 70.7 Å². The second-order valence-corrected chi connectivity index (χ2v) is 9.79. The van der Waals surface area contributed by atoms with E-state index in [1.807, 2.05) is 47.7 Å². The fourth-order valence-corrected chi connectivity index (χ4v) is 5.93. The van der Waals surface area contributed by atoms with E-state index in [4.69, 9.17) is 0 Å². The molecule has 0 aliphatic carbocycles. The van der Waals surface area contributed by atoms with Crippen LogP contribution >= 0.6 is 23.1 Å². The van der Waals surface area contributed by atoms with Gasteiger partial charge in [-0.25, -0.2) is 9.97 Å². The first-order valence-electron chi connectivity index (χ1n) is 10.4. The summed E-state index contributed by atoms with van der Waals surface area (Å²) in [6.07, 6.45) is 1.61. The molecule has 9 heteroatoms. The van der Waals surface area contributed by atoms with E-state index in [1.165, 1.54) is 5.56 Å². The van der Waals surface area contributed by atoms with Crippen LogP contribution in [0.25, 0.3) is 37.3 Å². The Labute approximate surface area is 196 Å². The van der Waals surface area contributed by atoms with Gasteiger partial charge < -0.3 is 0 Å². The number of benzene rings is 2.